The molecule has 1 aromatic heterocycles. The molecule has 2 aromatic rings. The first kappa shape index (κ1) is 18.6. The van der Waals surface area contributed by atoms with Crippen molar-refractivity contribution in [2.24, 2.45) is 5.73 Å². The molecule has 24 heavy (non-hydrogen) atoms. The second-order valence-corrected chi connectivity index (χ2v) is 6.56. The summed E-state index contributed by atoms with van der Waals surface area (Å²) in [6.45, 7) is 0. The van der Waals surface area contributed by atoms with Crippen molar-refractivity contribution >= 4 is 34.8 Å². The molecule has 1 aliphatic carbocycles. The Morgan fingerprint density at radius 1 is 1.42 bits per heavy atom. The summed E-state index contributed by atoms with van der Waals surface area (Å²) in [6.07, 6.45) is 3.33. The van der Waals surface area contributed by atoms with Gasteiger partial charge in [-0.1, -0.05) is 12.8 Å². The van der Waals surface area contributed by atoms with Crippen molar-refractivity contribution in [1.29, 1.82) is 0 Å². The Kier molecular flexibility index (Phi) is 5.79. The molecule has 0 bridgehead atoms. The van der Waals surface area contributed by atoms with E-state index < -0.39 is 11.4 Å². The van der Waals surface area contributed by atoms with E-state index in [0.717, 1.165) is 12.8 Å². The minimum absolute atomic E-state index is 0. The van der Waals surface area contributed by atoms with Crippen molar-refractivity contribution in [3.8, 4) is 17.0 Å². The van der Waals surface area contributed by atoms with Crippen LogP contribution in [-0.2, 0) is 4.79 Å². The summed E-state index contributed by atoms with van der Waals surface area (Å²) in [4.78, 5) is 16.6. The van der Waals surface area contributed by atoms with Gasteiger partial charge in [0.1, 0.15) is 0 Å². The van der Waals surface area contributed by atoms with Crippen molar-refractivity contribution < 1.29 is 13.9 Å². The quantitative estimate of drug-likeness (QED) is 0.861. The molecular weight excluding hydrogens is 353 g/mol. The van der Waals surface area contributed by atoms with Crippen molar-refractivity contribution in [3.05, 3.63) is 29.4 Å². The van der Waals surface area contributed by atoms with Crippen LogP contribution in [0.4, 0.5) is 9.52 Å². The van der Waals surface area contributed by atoms with Crippen LogP contribution < -0.4 is 15.8 Å². The number of benzene rings is 1. The zero-order valence-electron chi connectivity index (χ0n) is 13.2. The van der Waals surface area contributed by atoms with Crippen LogP contribution in [0.15, 0.2) is 23.6 Å². The fourth-order valence-corrected chi connectivity index (χ4v) is 3.46. The van der Waals surface area contributed by atoms with Gasteiger partial charge in [0.05, 0.1) is 18.3 Å². The van der Waals surface area contributed by atoms with Gasteiger partial charge in [0.2, 0.25) is 5.91 Å². The van der Waals surface area contributed by atoms with E-state index >= 15 is 0 Å². The smallest absolute Gasteiger partial charge is 0.246 e. The first-order valence-corrected chi connectivity index (χ1v) is 8.29. The van der Waals surface area contributed by atoms with E-state index in [1.165, 1.54) is 24.5 Å². The number of carbonyl (C=O) groups excluding carboxylic acids is 1. The third-order valence-corrected chi connectivity index (χ3v) is 4.88. The van der Waals surface area contributed by atoms with Crippen LogP contribution in [0.1, 0.15) is 25.7 Å². The number of nitrogens with two attached hydrogens (primary N) is 1. The Bertz CT molecular complexity index is 732. The predicted molar refractivity (Wildman–Crippen MR) is 95.3 cm³/mol. The highest BCUT2D eigenvalue weighted by Gasteiger charge is 2.37. The van der Waals surface area contributed by atoms with E-state index in [2.05, 4.69) is 10.3 Å². The molecule has 8 heteroatoms. The summed E-state index contributed by atoms with van der Waals surface area (Å²) in [5.41, 5.74) is 6.56. The van der Waals surface area contributed by atoms with Crippen LogP contribution in [0.2, 0.25) is 0 Å². The van der Waals surface area contributed by atoms with Gasteiger partial charge in [-0.25, -0.2) is 9.37 Å². The van der Waals surface area contributed by atoms with Gasteiger partial charge in [-0.2, -0.15) is 0 Å². The number of aromatic nitrogens is 1. The van der Waals surface area contributed by atoms with Crippen molar-refractivity contribution in [3.63, 3.8) is 0 Å². The summed E-state index contributed by atoms with van der Waals surface area (Å²) in [5, 5.41) is 5.02. The molecule has 1 amide bonds. The topological polar surface area (TPSA) is 77.2 Å². The molecule has 5 nitrogen and oxygen atoms in total. The van der Waals surface area contributed by atoms with Crippen molar-refractivity contribution in [1.82, 2.24) is 4.98 Å². The lowest BCUT2D eigenvalue weighted by Gasteiger charge is -2.21. The number of anilines is 1. The lowest BCUT2D eigenvalue weighted by molar-refractivity contribution is -0.121. The SMILES string of the molecule is COc1ccc(-c2csc(NC(=O)C3(N)CCCC3)n2)cc1F.Cl. The number of methoxy groups -OCH3 is 1. The average molecular weight is 372 g/mol. The molecule has 0 unspecified atom stereocenters. The van der Waals surface area contributed by atoms with Gasteiger partial charge in [0, 0.05) is 10.9 Å². The maximum Gasteiger partial charge on any atom is 0.246 e. The van der Waals surface area contributed by atoms with Gasteiger partial charge in [0.15, 0.2) is 16.7 Å². The third-order valence-electron chi connectivity index (χ3n) is 4.12. The Labute approximate surface area is 149 Å². The van der Waals surface area contributed by atoms with Crippen molar-refractivity contribution in [2.75, 3.05) is 12.4 Å². The predicted octanol–water partition coefficient (Wildman–Crippen LogP) is 3.59. The molecule has 1 fully saturated rings. The molecule has 3 rings (SSSR count). The molecule has 1 heterocycles. The van der Waals surface area contributed by atoms with E-state index in [4.69, 9.17) is 10.5 Å². The Morgan fingerprint density at radius 3 is 2.75 bits per heavy atom. The minimum Gasteiger partial charge on any atom is -0.494 e. The minimum atomic E-state index is -0.794. The van der Waals surface area contributed by atoms with Gasteiger partial charge >= 0.3 is 0 Å². The normalized spacial score (nSPS) is 15.6. The number of nitrogens with zero attached hydrogens (tertiary/aromatic N) is 1. The Hall–Kier alpha value is -1.70. The summed E-state index contributed by atoms with van der Waals surface area (Å²) < 4.78 is 18.7. The van der Waals surface area contributed by atoms with E-state index in [1.54, 1.807) is 17.5 Å². The summed E-state index contributed by atoms with van der Waals surface area (Å²) in [6, 6.07) is 4.64. The van der Waals surface area contributed by atoms with Gasteiger partial charge in [-0.15, -0.1) is 23.7 Å². The molecule has 1 aliphatic rings. The Balaban J connectivity index is 0.00000208. The van der Waals surface area contributed by atoms with Crippen LogP contribution in [0.25, 0.3) is 11.3 Å². The highest BCUT2D eigenvalue weighted by molar-refractivity contribution is 7.14. The molecule has 0 spiro atoms. The highest BCUT2D eigenvalue weighted by atomic mass is 35.5. The monoisotopic (exact) mass is 371 g/mol. The van der Waals surface area contributed by atoms with Gasteiger partial charge in [0.25, 0.3) is 0 Å². The Morgan fingerprint density at radius 2 is 2.12 bits per heavy atom. The molecule has 0 radical (unpaired) electrons. The fraction of sp³-hybridized carbons (Fsp3) is 0.375. The summed E-state index contributed by atoms with van der Waals surface area (Å²) in [7, 11) is 1.42. The van der Waals surface area contributed by atoms with Crippen LogP contribution in [0, 0.1) is 5.82 Å². The highest BCUT2D eigenvalue weighted by Crippen LogP contribution is 2.31. The zero-order valence-corrected chi connectivity index (χ0v) is 14.8. The number of nitrogens with one attached hydrogen (secondary N) is 1. The maximum absolute atomic E-state index is 13.8. The van der Waals surface area contributed by atoms with Crippen LogP contribution >= 0.6 is 23.7 Å². The number of halogens is 2. The van der Waals surface area contributed by atoms with E-state index in [-0.39, 0.29) is 24.1 Å². The standard InChI is InChI=1S/C16H18FN3O2S.ClH/c1-22-13-5-4-10(8-11(13)17)12-9-23-15(19-12)20-14(21)16(18)6-2-3-7-16;/h4-5,8-9H,2-3,6-7,18H2,1H3,(H,19,20,21);1H. The van der Waals surface area contributed by atoms with E-state index in [9.17, 15) is 9.18 Å². The maximum atomic E-state index is 13.8. The number of amides is 1. The average Bonchev–Trinajstić information content (AvgIpc) is 3.17. The van der Waals surface area contributed by atoms with Gasteiger partial charge in [-0.3, -0.25) is 4.79 Å². The number of hydrogen-bond acceptors (Lipinski definition) is 5. The van der Waals surface area contributed by atoms with Gasteiger partial charge < -0.3 is 15.8 Å². The lowest BCUT2D eigenvalue weighted by atomic mass is 9.98. The molecule has 0 atom stereocenters. The summed E-state index contributed by atoms with van der Waals surface area (Å²) >= 11 is 1.29. The second-order valence-electron chi connectivity index (χ2n) is 5.70. The first-order valence-electron chi connectivity index (χ1n) is 7.42. The molecule has 1 aromatic carbocycles. The van der Waals surface area contributed by atoms with Crippen LogP contribution in [0.5, 0.6) is 5.75 Å². The van der Waals surface area contributed by atoms with E-state index in [0.29, 0.717) is 29.2 Å². The van der Waals surface area contributed by atoms with Crippen molar-refractivity contribution in [2.45, 2.75) is 31.2 Å². The van der Waals surface area contributed by atoms with Crippen LogP contribution in [0.3, 0.4) is 0 Å². The number of ether oxygens (including phenoxy) is 1. The molecule has 130 valence electrons. The number of carbonyl (C=O) groups is 1. The third kappa shape index (κ3) is 3.68. The molecule has 0 saturated heterocycles. The van der Waals surface area contributed by atoms with Gasteiger partial charge in [-0.05, 0) is 31.0 Å². The van der Waals surface area contributed by atoms with Crippen LogP contribution in [-0.4, -0.2) is 23.5 Å². The first-order chi connectivity index (χ1) is 11.0. The molecule has 3 N–H and O–H groups in total. The molecule has 0 aliphatic heterocycles. The fourth-order valence-electron chi connectivity index (χ4n) is 2.74. The second kappa shape index (κ2) is 7.46. The zero-order chi connectivity index (χ0) is 16.4. The summed E-state index contributed by atoms with van der Waals surface area (Å²) in [5.74, 6) is -0.462. The lowest BCUT2D eigenvalue weighted by Crippen LogP contribution is -2.48. The molecular formula is C16H19ClFN3O2S. The largest absolute Gasteiger partial charge is 0.494 e. The number of rotatable bonds is 4. The van der Waals surface area contributed by atoms with E-state index in [1.807, 2.05) is 0 Å². The molecule has 1 saturated carbocycles. The number of thiazole rings is 1. The number of hydrogen-bond donors (Lipinski definition) is 2.